The molecule has 2 amide bonds. The van der Waals surface area contributed by atoms with Crippen LogP contribution in [0.1, 0.15) is 77.0 Å². The van der Waals surface area contributed by atoms with E-state index in [9.17, 15) is 47.9 Å². The average molecular weight is 750 g/mol. The summed E-state index contributed by atoms with van der Waals surface area (Å²) in [6, 6.07) is 27.9. The summed E-state index contributed by atoms with van der Waals surface area (Å²) in [6.45, 7) is -0.0559. The van der Waals surface area contributed by atoms with Crippen LogP contribution in [0.2, 0.25) is 0 Å². The number of aromatic carboxylic acids is 2. The minimum atomic E-state index is -4.73. The lowest BCUT2D eigenvalue weighted by molar-refractivity contribution is -0.384. The predicted molar refractivity (Wildman–Crippen MR) is 193 cm³/mol. The normalized spacial score (nSPS) is 13.6. The third-order valence-corrected chi connectivity index (χ3v) is 10.2. The summed E-state index contributed by atoms with van der Waals surface area (Å²) in [5, 5.41) is 31.3. The maximum absolute atomic E-state index is 14.8. The first-order valence-electron chi connectivity index (χ1n) is 16.5. The number of para-hydroxylation sites is 1. The zero-order valence-corrected chi connectivity index (χ0v) is 29.1. The van der Waals surface area contributed by atoms with Crippen molar-refractivity contribution in [1.29, 1.82) is 0 Å². The number of carbonyl (C=O) groups is 4. The second kappa shape index (κ2) is 15.4. The fourth-order valence-electron chi connectivity index (χ4n) is 6.36. The molecule has 0 saturated carbocycles. The average Bonchev–Trinajstić information content (AvgIpc) is 3.16. The molecule has 0 unspecified atom stereocenters. The number of benzene rings is 5. The molecule has 54 heavy (non-hydrogen) atoms. The first-order valence-corrected chi connectivity index (χ1v) is 18.0. The summed E-state index contributed by atoms with van der Waals surface area (Å²) in [7, 11) is -4.73. The van der Waals surface area contributed by atoms with E-state index in [0.29, 0.717) is 36.0 Å². The number of nitrogens with one attached hydrogen (secondary N) is 1. The van der Waals surface area contributed by atoms with Crippen molar-refractivity contribution < 1.29 is 47.5 Å². The lowest BCUT2D eigenvalue weighted by Gasteiger charge is -2.36. The molecule has 0 radical (unpaired) electrons. The number of non-ortho nitro benzene ring substituents is 1. The van der Waals surface area contributed by atoms with Gasteiger partial charge in [-0.25, -0.2) is 22.7 Å². The van der Waals surface area contributed by atoms with Gasteiger partial charge >= 0.3 is 11.9 Å². The van der Waals surface area contributed by atoms with E-state index in [-0.39, 0.29) is 6.54 Å². The third-order valence-electron chi connectivity index (χ3n) is 8.88. The highest BCUT2D eigenvalue weighted by Crippen LogP contribution is 2.37. The largest absolute Gasteiger partial charge is 0.478 e. The van der Waals surface area contributed by atoms with Crippen molar-refractivity contribution in [3.63, 3.8) is 0 Å². The van der Waals surface area contributed by atoms with Gasteiger partial charge in [-0.3, -0.25) is 19.7 Å². The smallest absolute Gasteiger partial charge is 0.336 e. The number of ether oxygens (including phenoxy) is 1. The Hall–Kier alpha value is -6.87. The molecule has 274 valence electrons. The third kappa shape index (κ3) is 7.95. The molecular weight excluding hydrogens is 719 g/mol. The molecular formula is C39H31N3O11S. The number of nitro benzene ring substituents is 1. The molecule has 1 aliphatic carbocycles. The van der Waals surface area contributed by atoms with Gasteiger partial charge in [-0.05, 0) is 84.5 Å². The summed E-state index contributed by atoms with van der Waals surface area (Å²) < 4.78 is 34.0. The van der Waals surface area contributed by atoms with E-state index >= 15 is 0 Å². The number of hydrogen-bond acceptors (Lipinski definition) is 9. The Morgan fingerprint density at radius 1 is 0.778 bits per heavy atom. The van der Waals surface area contributed by atoms with Crippen LogP contribution in [-0.4, -0.2) is 52.2 Å². The van der Waals surface area contributed by atoms with Gasteiger partial charge in [0.1, 0.15) is 11.5 Å². The number of sulfonamides is 1. The molecule has 6 rings (SSSR count). The maximum Gasteiger partial charge on any atom is 0.336 e. The van der Waals surface area contributed by atoms with Crippen LogP contribution in [0.5, 0.6) is 11.5 Å². The number of aryl methyl sites for hydroxylation is 1. The molecule has 0 fully saturated rings. The topological polar surface area (TPSA) is 211 Å². The van der Waals surface area contributed by atoms with Crippen LogP contribution in [0, 0.1) is 10.1 Å². The molecule has 0 aliphatic heterocycles. The Bertz CT molecular complexity index is 2400. The molecule has 5 aromatic rings. The molecule has 0 aromatic heterocycles. The quantitative estimate of drug-likeness (QED) is 0.0911. The van der Waals surface area contributed by atoms with Crippen molar-refractivity contribution in [3.8, 4) is 11.5 Å². The van der Waals surface area contributed by atoms with E-state index in [4.69, 9.17) is 4.74 Å². The van der Waals surface area contributed by atoms with E-state index in [1.165, 1.54) is 4.90 Å². The van der Waals surface area contributed by atoms with Gasteiger partial charge in [0.05, 0.1) is 38.1 Å². The summed E-state index contributed by atoms with van der Waals surface area (Å²) in [5.74, 6) is -4.70. The SMILES string of the molecule is O=C(O)c1cc(C(=O)O)c(C(=O)N(Cc2cccc(Oc3ccccc3)c2)[C@H]2CCCc3ccccc32)cc1C(=O)NS(=O)(=O)c1ccc([N+](=O)[O-])cc1. The van der Waals surface area contributed by atoms with Crippen molar-refractivity contribution in [3.05, 3.63) is 164 Å². The molecule has 1 atom stereocenters. The number of carbonyl (C=O) groups excluding carboxylic acids is 2. The number of rotatable bonds is 12. The van der Waals surface area contributed by atoms with Crippen LogP contribution in [-0.2, 0) is 23.0 Å². The fraction of sp³-hybridized carbons (Fsp3) is 0.128. The number of nitrogens with zero attached hydrogens (tertiary/aromatic N) is 2. The first kappa shape index (κ1) is 36.9. The van der Waals surface area contributed by atoms with Crippen molar-refractivity contribution >= 4 is 39.5 Å². The highest BCUT2D eigenvalue weighted by Gasteiger charge is 2.34. The van der Waals surface area contributed by atoms with Crippen molar-refractivity contribution in [1.82, 2.24) is 9.62 Å². The predicted octanol–water partition coefficient (Wildman–Crippen LogP) is 6.62. The molecule has 14 nitrogen and oxygen atoms in total. The van der Waals surface area contributed by atoms with Crippen LogP contribution in [0.3, 0.4) is 0 Å². The molecule has 5 aromatic carbocycles. The van der Waals surface area contributed by atoms with Gasteiger partial charge in [0, 0.05) is 18.7 Å². The first-order chi connectivity index (χ1) is 25.8. The van der Waals surface area contributed by atoms with Crippen LogP contribution in [0.25, 0.3) is 0 Å². The van der Waals surface area contributed by atoms with E-state index in [2.05, 4.69) is 0 Å². The number of amides is 2. The van der Waals surface area contributed by atoms with Gasteiger partial charge in [-0.1, -0.05) is 54.6 Å². The maximum atomic E-state index is 14.8. The number of carboxylic acid groups (broad SMARTS) is 2. The zero-order valence-electron chi connectivity index (χ0n) is 28.2. The molecule has 0 spiro atoms. The summed E-state index contributed by atoms with van der Waals surface area (Å²) in [4.78, 5) is 64.5. The highest BCUT2D eigenvalue weighted by molar-refractivity contribution is 7.90. The Morgan fingerprint density at radius 3 is 2.09 bits per heavy atom. The standard InChI is InChI=1S/C39H31N3O11S/c43-36(40-54(51,52)29-18-16-26(17-19-29)42(49)50)31-21-32(34(39(47)48)22-33(31)38(45)46)37(44)41(35-15-7-10-25-9-4-5-14-30(25)35)23-24-8-6-13-28(20-24)53-27-11-2-1-3-12-27/h1-6,8-9,11-14,16-22,35H,7,10,15,23H2,(H,40,43)(H,45,46)(H,47,48)/t35-/m0/s1. The minimum absolute atomic E-state index is 0.0559. The minimum Gasteiger partial charge on any atom is -0.478 e. The van der Waals surface area contributed by atoms with Crippen LogP contribution >= 0.6 is 0 Å². The van der Waals surface area contributed by atoms with Crippen molar-refractivity contribution in [2.24, 2.45) is 0 Å². The van der Waals surface area contributed by atoms with Gasteiger partial charge < -0.3 is 19.8 Å². The number of nitro groups is 1. The summed E-state index contributed by atoms with van der Waals surface area (Å²) >= 11 is 0. The number of carboxylic acids is 2. The zero-order chi connectivity index (χ0) is 38.6. The monoisotopic (exact) mass is 749 g/mol. The van der Waals surface area contributed by atoms with Gasteiger partial charge in [0.15, 0.2) is 0 Å². The second-order valence-electron chi connectivity index (χ2n) is 12.3. The van der Waals surface area contributed by atoms with Crippen LogP contribution < -0.4 is 9.46 Å². The Kier molecular flexibility index (Phi) is 10.5. The van der Waals surface area contributed by atoms with Gasteiger partial charge in [-0.15, -0.1) is 0 Å². The lowest BCUT2D eigenvalue weighted by Crippen LogP contribution is -2.38. The Balaban J connectivity index is 1.42. The van der Waals surface area contributed by atoms with Gasteiger partial charge in [-0.2, -0.15) is 0 Å². The number of hydrogen-bond donors (Lipinski definition) is 3. The molecule has 3 N–H and O–H groups in total. The van der Waals surface area contributed by atoms with E-state index in [1.807, 2.05) is 42.5 Å². The summed E-state index contributed by atoms with van der Waals surface area (Å²) in [5.41, 5.74) is -0.923. The van der Waals surface area contributed by atoms with Gasteiger partial charge in [0.2, 0.25) is 0 Å². The van der Waals surface area contributed by atoms with Crippen molar-refractivity contribution in [2.45, 2.75) is 36.7 Å². The highest BCUT2D eigenvalue weighted by atomic mass is 32.2. The second-order valence-corrected chi connectivity index (χ2v) is 14.0. The number of fused-ring (bicyclic) bond motifs is 1. The molecule has 1 aliphatic rings. The molecule has 15 heteroatoms. The van der Waals surface area contributed by atoms with E-state index < -0.39 is 77.6 Å². The van der Waals surface area contributed by atoms with Crippen LogP contribution in [0.4, 0.5) is 5.69 Å². The van der Waals surface area contributed by atoms with Crippen LogP contribution in [0.15, 0.2) is 120 Å². The van der Waals surface area contributed by atoms with E-state index in [1.54, 1.807) is 41.1 Å². The van der Waals surface area contributed by atoms with E-state index in [0.717, 1.165) is 47.9 Å². The summed E-state index contributed by atoms with van der Waals surface area (Å²) in [6.07, 6.45) is 1.94. The molecule has 0 heterocycles. The Labute approximate surface area is 308 Å². The molecule has 0 saturated heterocycles. The van der Waals surface area contributed by atoms with Gasteiger partial charge in [0.25, 0.3) is 27.5 Å². The fourth-order valence-corrected chi connectivity index (χ4v) is 7.33. The Morgan fingerprint density at radius 2 is 1.41 bits per heavy atom. The molecule has 0 bridgehead atoms. The van der Waals surface area contributed by atoms with Crippen molar-refractivity contribution in [2.75, 3.05) is 0 Å². The lowest BCUT2D eigenvalue weighted by atomic mass is 9.86.